The fourth-order valence-corrected chi connectivity index (χ4v) is 6.80. The zero-order valence-electron chi connectivity index (χ0n) is 7.78. The number of rotatable bonds is 2. The van der Waals surface area contributed by atoms with E-state index in [2.05, 4.69) is 46.7 Å². The minimum Gasteiger partial charge on any atom is -0.153 e. The Kier molecular flexibility index (Phi) is 2.40. The van der Waals surface area contributed by atoms with E-state index in [1.165, 1.54) is 0 Å². The average molecular weight is 224 g/mol. The van der Waals surface area contributed by atoms with E-state index < -0.39 is 8.07 Å². The van der Waals surface area contributed by atoms with Crippen LogP contribution in [-0.4, -0.2) is 8.07 Å². The molecule has 0 nitrogen and oxygen atoms in total. The van der Waals surface area contributed by atoms with Gasteiger partial charge in [-0.15, -0.1) is 0 Å². The molecule has 0 bridgehead atoms. The molecule has 0 atom stereocenters. The second kappa shape index (κ2) is 3.40. The summed E-state index contributed by atoms with van der Waals surface area (Å²) in [5, 5.41) is 12.0. The first-order valence-corrected chi connectivity index (χ1v) is 9.15. The van der Waals surface area contributed by atoms with E-state index in [4.69, 9.17) is 0 Å². The van der Waals surface area contributed by atoms with Crippen LogP contribution in [0.4, 0.5) is 0 Å². The lowest BCUT2D eigenvalue weighted by Crippen LogP contribution is -2.51. The van der Waals surface area contributed by atoms with Crippen LogP contribution in [-0.2, 0) is 0 Å². The first-order valence-electron chi connectivity index (χ1n) is 4.26. The van der Waals surface area contributed by atoms with Gasteiger partial charge in [-0.05, 0) is 31.9 Å². The fraction of sp³-hybridized carbons (Fsp3) is 0.200. The van der Waals surface area contributed by atoms with Gasteiger partial charge in [-0.3, -0.25) is 0 Å². The molecule has 2 aromatic heterocycles. The van der Waals surface area contributed by atoms with E-state index in [9.17, 15) is 0 Å². The molecule has 0 aliphatic heterocycles. The van der Waals surface area contributed by atoms with Gasteiger partial charge in [-0.1, -0.05) is 25.2 Å². The molecule has 0 aliphatic rings. The molecule has 13 heavy (non-hydrogen) atoms. The van der Waals surface area contributed by atoms with Crippen molar-refractivity contribution in [2.24, 2.45) is 0 Å². The van der Waals surface area contributed by atoms with Gasteiger partial charge in [0.2, 0.25) is 0 Å². The van der Waals surface area contributed by atoms with Crippen molar-refractivity contribution in [3.8, 4) is 0 Å². The van der Waals surface area contributed by atoms with Crippen molar-refractivity contribution in [3.63, 3.8) is 0 Å². The summed E-state index contributed by atoms with van der Waals surface area (Å²) in [5.74, 6) is 0. The third kappa shape index (κ3) is 1.64. The van der Waals surface area contributed by atoms with Crippen molar-refractivity contribution in [1.29, 1.82) is 0 Å². The summed E-state index contributed by atoms with van der Waals surface area (Å²) in [6, 6.07) is 4.54. The largest absolute Gasteiger partial charge is 0.153 e. The Balaban J connectivity index is 2.42. The van der Waals surface area contributed by atoms with E-state index in [0.29, 0.717) is 0 Å². The molecule has 0 aromatic carbocycles. The minimum absolute atomic E-state index is 1.33. The highest BCUT2D eigenvalue weighted by molar-refractivity contribution is 7.14. The molecule has 0 amide bonds. The number of thiophene rings is 2. The van der Waals surface area contributed by atoms with Crippen molar-refractivity contribution >= 4 is 41.1 Å². The lowest BCUT2D eigenvalue weighted by molar-refractivity contribution is 1.81. The standard InChI is InChI=1S/C10H12S2Si/c1-13(2,9-3-5-11-7-9)10-4-6-12-8-10/h3-8H,1-2H3. The van der Waals surface area contributed by atoms with Crippen molar-refractivity contribution in [2.45, 2.75) is 13.1 Å². The quantitative estimate of drug-likeness (QED) is 0.688. The molecule has 2 heterocycles. The van der Waals surface area contributed by atoms with E-state index in [0.717, 1.165) is 0 Å². The van der Waals surface area contributed by atoms with Gasteiger partial charge >= 0.3 is 0 Å². The Labute approximate surface area is 87.9 Å². The second-order valence-corrected chi connectivity index (χ2v) is 9.61. The molecule has 2 aromatic rings. The summed E-state index contributed by atoms with van der Waals surface area (Å²) < 4.78 is 0. The predicted octanol–water partition coefficient (Wildman–Crippen LogP) is 2.63. The highest BCUT2D eigenvalue weighted by Gasteiger charge is 2.26. The Morgan fingerprint density at radius 3 is 1.69 bits per heavy atom. The highest BCUT2D eigenvalue weighted by atomic mass is 32.1. The van der Waals surface area contributed by atoms with Crippen LogP contribution in [0.15, 0.2) is 33.7 Å². The Hall–Kier alpha value is -0.383. The first kappa shape index (κ1) is 9.18. The van der Waals surface area contributed by atoms with Crippen molar-refractivity contribution in [1.82, 2.24) is 0 Å². The lowest BCUT2D eigenvalue weighted by Gasteiger charge is -2.19. The van der Waals surface area contributed by atoms with Crippen LogP contribution >= 0.6 is 22.7 Å². The molecule has 0 fully saturated rings. The predicted molar refractivity (Wildman–Crippen MR) is 65.4 cm³/mol. The molecule has 3 heteroatoms. The van der Waals surface area contributed by atoms with Crippen LogP contribution in [0.1, 0.15) is 0 Å². The van der Waals surface area contributed by atoms with Gasteiger partial charge in [-0.2, -0.15) is 22.7 Å². The van der Waals surface area contributed by atoms with Gasteiger partial charge in [0.25, 0.3) is 0 Å². The molecular weight excluding hydrogens is 212 g/mol. The van der Waals surface area contributed by atoms with Gasteiger partial charge in [0.1, 0.15) is 8.07 Å². The smallest absolute Gasteiger partial charge is 0.114 e. The maximum absolute atomic E-state index is 2.41. The summed E-state index contributed by atoms with van der Waals surface area (Å²) in [4.78, 5) is 0. The van der Waals surface area contributed by atoms with Crippen LogP contribution < -0.4 is 10.4 Å². The minimum atomic E-state index is -1.33. The van der Waals surface area contributed by atoms with Gasteiger partial charge in [0, 0.05) is 0 Å². The molecule has 0 N–H and O–H groups in total. The molecular formula is C10H12S2Si. The lowest BCUT2D eigenvalue weighted by atomic mass is 10.6. The fourth-order valence-electron chi connectivity index (χ4n) is 1.41. The molecule has 0 saturated heterocycles. The van der Waals surface area contributed by atoms with Crippen LogP contribution in [0, 0.1) is 0 Å². The monoisotopic (exact) mass is 224 g/mol. The molecule has 0 radical (unpaired) electrons. The van der Waals surface area contributed by atoms with Gasteiger partial charge in [0.15, 0.2) is 0 Å². The van der Waals surface area contributed by atoms with Crippen molar-refractivity contribution in [2.75, 3.05) is 0 Å². The molecule has 0 aliphatic carbocycles. The first-order chi connectivity index (χ1) is 6.21. The van der Waals surface area contributed by atoms with Gasteiger partial charge < -0.3 is 0 Å². The zero-order chi connectivity index (χ0) is 9.31. The zero-order valence-corrected chi connectivity index (χ0v) is 10.4. The van der Waals surface area contributed by atoms with Crippen LogP contribution in [0.2, 0.25) is 13.1 Å². The number of hydrogen-bond donors (Lipinski definition) is 0. The maximum Gasteiger partial charge on any atom is 0.114 e. The third-order valence-electron chi connectivity index (χ3n) is 2.49. The average Bonchev–Trinajstić information content (AvgIpc) is 2.78. The van der Waals surface area contributed by atoms with Gasteiger partial charge in [0.05, 0.1) is 0 Å². The van der Waals surface area contributed by atoms with E-state index in [-0.39, 0.29) is 0 Å². The van der Waals surface area contributed by atoms with Crippen molar-refractivity contribution in [3.05, 3.63) is 33.7 Å². The Morgan fingerprint density at radius 1 is 0.923 bits per heavy atom. The van der Waals surface area contributed by atoms with E-state index in [1.807, 2.05) is 0 Å². The molecule has 0 saturated carbocycles. The summed E-state index contributed by atoms with van der Waals surface area (Å²) in [5.41, 5.74) is 0. The molecule has 68 valence electrons. The second-order valence-electron chi connectivity index (χ2n) is 3.65. The summed E-state index contributed by atoms with van der Waals surface area (Å²) in [6.45, 7) is 4.83. The summed E-state index contributed by atoms with van der Waals surface area (Å²) in [7, 11) is -1.33. The number of hydrogen-bond acceptors (Lipinski definition) is 2. The SMILES string of the molecule is C[Si](C)(c1ccsc1)c1ccsc1. The third-order valence-corrected chi connectivity index (χ3v) is 7.78. The molecule has 0 spiro atoms. The summed E-state index contributed by atoms with van der Waals surface area (Å²) >= 11 is 3.60. The topological polar surface area (TPSA) is 0 Å². The highest BCUT2D eigenvalue weighted by Crippen LogP contribution is 2.09. The van der Waals surface area contributed by atoms with Crippen LogP contribution in [0.3, 0.4) is 0 Å². The van der Waals surface area contributed by atoms with E-state index in [1.54, 1.807) is 33.0 Å². The Bertz CT molecular complexity index is 323. The van der Waals surface area contributed by atoms with E-state index >= 15 is 0 Å². The van der Waals surface area contributed by atoms with Crippen LogP contribution in [0.5, 0.6) is 0 Å². The maximum atomic E-state index is 2.41. The van der Waals surface area contributed by atoms with Crippen molar-refractivity contribution < 1.29 is 0 Å². The van der Waals surface area contributed by atoms with Crippen LogP contribution in [0.25, 0.3) is 0 Å². The van der Waals surface area contributed by atoms with Gasteiger partial charge in [-0.25, -0.2) is 0 Å². The Morgan fingerprint density at radius 2 is 1.38 bits per heavy atom. The summed E-state index contributed by atoms with van der Waals surface area (Å²) in [6.07, 6.45) is 0. The molecule has 0 unspecified atom stereocenters. The molecule has 2 rings (SSSR count). The normalized spacial score (nSPS) is 11.8.